The van der Waals surface area contributed by atoms with Crippen molar-refractivity contribution in [2.45, 2.75) is 36.9 Å². The lowest BCUT2D eigenvalue weighted by Gasteiger charge is -2.47. The highest BCUT2D eigenvalue weighted by molar-refractivity contribution is 5.14. The Labute approximate surface area is 92.1 Å². The average Bonchev–Trinajstić information content (AvgIpc) is 2.20. The highest BCUT2D eigenvalue weighted by Crippen LogP contribution is 2.44. The van der Waals surface area contributed by atoms with Crippen LogP contribution in [0.4, 0.5) is 0 Å². The summed E-state index contributed by atoms with van der Waals surface area (Å²) in [5.41, 5.74) is 0. The molecule has 0 aromatic carbocycles. The molecule has 0 heterocycles. The van der Waals surface area contributed by atoms with Crippen LogP contribution in [0, 0.1) is 11.8 Å². The second-order valence-corrected chi connectivity index (χ2v) is 4.63. The van der Waals surface area contributed by atoms with Gasteiger partial charge in [-0.05, 0) is 12.5 Å². The fraction of sp³-hybridized carbons (Fsp3) is 0.800. The van der Waals surface area contributed by atoms with Gasteiger partial charge in [-0.2, -0.15) is 0 Å². The number of hydrogen-bond acceptors (Lipinski definition) is 6. The van der Waals surface area contributed by atoms with Gasteiger partial charge in [0.2, 0.25) is 0 Å². The summed E-state index contributed by atoms with van der Waals surface area (Å²) < 4.78 is 0. The van der Waals surface area contributed by atoms with E-state index in [4.69, 9.17) is 0 Å². The molecule has 6 N–H and O–H groups in total. The maximum atomic E-state index is 9.73. The van der Waals surface area contributed by atoms with E-state index in [1.807, 2.05) is 0 Å². The van der Waals surface area contributed by atoms with Gasteiger partial charge in [0, 0.05) is 12.3 Å². The zero-order valence-electron chi connectivity index (χ0n) is 8.56. The first-order chi connectivity index (χ1) is 7.34. The van der Waals surface area contributed by atoms with Crippen molar-refractivity contribution in [2.24, 2.45) is 11.8 Å². The third-order valence-electron chi connectivity index (χ3n) is 3.57. The van der Waals surface area contributed by atoms with Crippen molar-refractivity contribution in [3.05, 3.63) is 11.8 Å². The molecular formula is C10H16O6. The zero-order chi connectivity index (χ0) is 12.1. The molecule has 2 rings (SSSR count). The zero-order valence-corrected chi connectivity index (χ0v) is 8.56. The van der Waals surface area contributed by atoms with Crippen LogP contribution < -0.4 is 0 Å². The third kappa shape index (κ3) is 1.63. The Hall–Kier alpha value is -0.660. The van der Waals surface area contributed by atoms with Crippen LogP contribution >= 0.6 is 0 Å². The monoisotopic (exact) mass is 232 g/mol. The minimum absolute atomic E-state index is 0.00586. The second kappa shape index (κ2) is 3.68. The van der Waals surface area contributed by atoms with Crippen LogP contribution in [0.15, 0.2) is 11.8 Å². The van der Waals surface area contributed by atoms with Crippen molar-refractivity contribution in [2.75, 3.05) is 0 Å². The first-order valence-corrected chi connectivity index (χ1v) is 5.22. The largest absolute Gasteiger partial charge is 0.512 e. The van der Waals surface area contributed by atoms with E-state index < -0.39 is 35.9 Å². The van der Waals surface area contributed by atoms with Crippen LogP contribution in [0.5, 0.6) is 0 Å². The van der Waals surface area contributed by atoms with Crippen LogP contribution in [0.1, 0.15) is 12.8 Å². The lowest BCUT2D eigenvalue weighted by Crippen LogP contribution is -2.60. The molecule has 16 heavy (non-hydrogen) atoms. The minimum atomic E-state index is -2.17. The summed E-state index contributed by atoms with van der Waals surface area (Å²) in [6.45, 7) is 0. The standard InChI is InChI=1S/C10H16O6/c11-5-1-2-10(15,16)7-4(5)3-6(12)8(13)9(7)14/h1,4,6-9,11-16H,2-3H2. The normalized spacial score (nSPS) is 47.1. The SMILES string of the molecule is OC1=CCC(O)(O)C2C1CC(O)C(O)C2O. The average molecular weight is 232 g/mol. The van der Waals surface area contributed by atoms with E-state index in [-0.39, 0.29) is 18.6 Å². The van der Waals surface area contributed by atoms with Gasteiger partial charge >= 0.3 is 0 Å². The molecule has 0 bridgehead atoms. The maximum absolute atomic E-state index is 9.73. The fourth-order valence-corrected chi connectivity index (χ4v) is 2.67. The van der Waals surface area contributed by atoms with Gasteiger partial charge in [-0.3, -0.25) is 0 Å². The molecule has 1 fully saturated rings. The van der Waals surface area contributed by atoms with E-state index in [9.17, 15) is 30.6 Å². The Bertz CT molecular complexity index is 312. The fourth-order valence-electron chi connectivity index (χ4n) is 2.67. The number of allylic oxidation sites excluding steroid dienone is 1. The van der Waals surface area contributed by atoms with Gasteiger partial charge in [0.15, 0.2) is 5.79 Å². The maximum Gasteiger partial charge on any atom is 0.172 e. The van der Waals surface area contributed by atoms with Gasteiger partial charge in [-0.1, -0.05) is 0 Å². The molecule has 0 amide bonds. The molecule has 0 saturated heterocycles. The molecule has 92 valence electrons. The molecule has 5 atom stereocenters. The van der Waals surface area contributed by atoms with Crippen LogP contribution in [-0.2, 0) is 0 Å². The first-order valence-electron chi connectivity index (χ1n) is 5.22. The topological polar surface area (TPSA) is 121 Å². The smallest absolute Gasteiger partial charge is 0.172 e. The first kappa shape index (κ1) is 11.8. The highest BCUT2D eigenvalue weighted by atomic mass is 16.5. The van der Waals surface area contributed by atoms with Gasteiger partial charge in [0.05, 0.1) is 23.9 Å². The summed E-state index contributed by atoms with van der Waals surface area (Å²) in [5.74, 6) is -4.07. The van der Waals surface area contributed by atoms with E-state index in [1.54, 1.807) is 0 Å². The number of rotatable bonds is 0. The minimum Gasteiger partial charge on any atom is -0.512 e. The molecule has 1 saturated carbocycles. The van der Waals surface area contributed by atoms with Crippen molar-refractivity contribution in [3.63, 3.8) is 0 Å². The van der Waals surface area contributed by atoms with Crippen molar-refractivity contribution >= 4 is 0 Å². The van der Waals surface area contributed by atoms with E-state index in [1.165, 1.54) is 6.08 Å². The molecule has 2 aliphatic carbocycles. The number of fused-ring (bicyclic) bond motifs is 1. The van der Waals surface area contributed by atoms with Crippen LogP contribution in [-0.4, -0.2) is 54.7 Å². The van der Waals surface area contributed by atoms with E-state index in [2.05, 4.69) is 0 Å². The van der Waals surface area contributed by atoms with Crippen LogP contribution in [0.3, 0.4) is 0 Å². The lowest BCUT2D eigenvalue weighted by atomic mass is 9.66. The van der Waals surface area contributed by atoms with Crippen LogP contribution in [0.25, 0.3) is 0 Å². The number of hydrogen-bond donors (Lipinski definition) is 6. The van der Waals surface area contributed by atoms with E-state index in [0.717, 1.165) is 0 Å². The van der Waals surface area contributed by atoms with Crippen molar-refractivity contribution < 1.29 is 30.6 Å². The molecule has 0 aromatic heterocycles. The van der Waals surface area contributed by atoms with Gasteiger partial charge in [-0.15, -0.1) is 0 Å². The van der Waals surface area contributed by atoms with Crippen molar-refractivity contribution in [1.29, 1.82) is 0 Å². The summed E-state index contributed by atoms with van der Waals surface area (Å²) >= 11 is 0. The Morgan fingerprint density at radius 3 is 2.38 bits per heavy atom. The predicted molar refractivity (Wildman–Crippen MR) is 52.1 cm³/mol. The molecule has 0 radical (unpaired) electrons. The Kier molecular flexibility index (Phi) is 2.72. The number of aliphatic hydroxyl groups is 6. The quantitative estimate of drug-likeness (QED) is 0.275. The number of aliphatic hydroxyl groups excluding tert-OH is 4. The molecular weight excluding hydrogens is 216 g/mol. The van der Waals surface area contributed by atoms with Gasteiger partial charge < -0.3 is 30.6 Å². The Balaban J connectivity index is 2.35. The molecule has 0 aliphatic heterocycles. The second-order valence-electron chi connectivity index (χ2n) is 4.63. The van der Waals surface area contributed by atoms with Gasteiger partial charge in [-0.25, -0.2) is 0 Å². The summed E-state index contributed by atoms with van der Waals surface area (Å²) in [7, 11) is 0. The third-order valence-corrected chi connectivity index (χ3v) is 3.57. The summed E-state index contributed by atoms with van der Waals surface area (Å²) in [6.07, 6.45) is -3.03. The molecule has 6 nitrogen and oxygen atoms in total. The van der Waals surface area contributed by atoms with Gasteiger partial charge in [0.1, 0.15) is 6.10 Å². The predicted octanol–water partition coefficient (Wildman–Crippen LogP) is -1.77. The van der Waals surface area contributed by atoms with Crippen molar-refractivity contribution in [3.8, 4) is 0 Å². The lowest BCUT2D eigenvalue weighted by molar-refractivity contribution is -0.267. The van der Waals surface area contributed by atoms with Crippen molar-refractivity contribution in [1.82, 2.24) is 0 Å². The van der Waals surface area contributed by atoms with Gasteiger partial charge in [0.25, 0.3) is 0 Å². The molecule has 0 spiro atoms. The van der Waals surface area contributed by atoms with E-state index in [0.29, 0.717) is 0 Å². The molecule has 5 unspecified atom stereocenters. The van der Waals surface area contributed by atoms with Crippen LogP contribution in [0.2, 0.25) is 0 Å². The summed E-state index contributed by atoms with van der Waals surface area (Å²) in [4.78, 5) is 0. The highest BCUT2D eigenvalue weighted by Gasteiger charge is 2.54. The summed E-state index contributed by atoms with van der Waals surface area (Å²) in [6, 6.07) is 0. The molecule has 0 aromatic rings. The molecule has 6 heteroatoms. The Morgan fingerprint density at radius 2 is 1.75 bits per heavy atom. The summed E-state index contributed by atoms with van der Waals surface area (Å²) in [5, 5.41) is 57.7. The van der Waals surface area contributed by atoms with E-state index >= 15 is 0 Å². The molecule has 2 aliphatic rings. The Morgan fingerprint density at radius 1 is 1.12 bits per heavy atom.